The Bertz CT molecular complexity index is 924. The van der Waals surface area contributed by atoms with Gasteiger partial charge in [0.2, 0.25) is 0 Å². The number of aromatic nitrogens is 5. The van der Waals surface area contributed by atoms with Gasteiger partial charge in [0.1, 0.15) is 11.6 Å². The van der Waals surface area contributed by atoms with Gasteiger partial charge in [-0.1, -0.05) is 30.3 Å². The highest BCUT2D eigenvalue weighted by atomic mass is 15.3. The molecule has 0 fully saturated rings. The molecule has 0 saturated heterocycles. The fraction of sp³-hybridized carbons (Fsp3) is 0.500. The molecule has 6 nitrogen and oxygen atoms in total. The minimum atomic E-state index is 0.929. The minimum Gasteiger partial charge on any atom is -0.314 e. The highest BCUT2D eigenvalue weighted by Gasteiger charge is 2.21. The van der Waals surface area contributed by atoms with Gasteiger partial charge in [0, 0.05) is 56.8 Å². The first kappa shape index (κ1) is 18.9. The molecule has 0 radical (unpaired) electrons. The van der Waals surface area contributed by atoms with Crippen LogP contribution in [-0.4, -0.2) is 42.5 Å². The minimum absolute atomic E-state index is 0.929. The second kappa shape index (κ2) is 8.27. The van der Waals surface area contributed by atoms with Crippen LogP contribution in [0.5, 0.6) is 0 Å². The van der Waals surface area contributed by atoms with Crippen molar-refractivity contribution in [2.45, 2.75) is 59.7 Å². The Hall–Kier alpha value is -2.47. The normalized spacial score (nSPS) is 14.8. The molecule has 1 aliphatic rings. The lowest BCUT2D eigenvalue weighted by Crippen LogP contribution is -2.27. The largest absolute Gasteiger partial charge is 0.314 e. The first-order valence-corrected chi connectivity index (χ1v) is 10.4. The van der Waals surface area contributed by atoms with Gasteiger partial charge in [0.15, 0.2) is 0 Å². The lowest BCUT2D eigenvalue weighted by atomic mass is 10.1. The fourth-order valence-corrected chi connectivity index (χ4v) is 4.16. The maximum absolute atomic E-state index is 4.68. The molecule has 1 aliphatic heterocycles. The van der Waals surface area contributed by atoms with E-state index in [1.165, 1.54) is 16.8 Å². The number of nitrogens with zero attached hydrogens (tertiary/aromatic N) is 6. The molecule has 0 bridgehead atoms. The van der Waals surface area contributed by atoms with Crippen molar-refractivity contribution in [3.05, 3.63) is 64.5 Å². The zero-order valence-corrected chi connectivity index (χ0v) is 17.2. The van der Waals surface area contributed by atoms with Gasteiger partial charge in [0.25, 0.3) is 0 Å². The van der Waals surface area contributed by atoms with E-state index in [0.29, 0.717) is 0 Å². The van der Waals surface area contributed by atoms with Gasteiger partial charge in [-0.3, -0.25) is 9.58 Å². The Morgan fingerprint density at radius 3 is 2.54 bits per heavy atom. The molecule has 0 spiro atoms. The summed E-state index contributed by atoms with van der Waals surface area (Å²) >= 11 is 0. The smallest absolute Gasteiger partial charge is 0.134 e. The van der Waals surface area contributed by atoms with Gasteiger partial charge in [-0.25, -0.2) is 0 Å². The van der Waals surface area contributed by atoms with Crippen LogP contribution >= 0.6 is 0 Å². The molecule has 3 heterocycles. The van der Waals surface area contributed by atoms with Crippen molar-refractivity contribution in [1.29, 1.82) is 0 Å². The number of aryl methyl sites for hydroxylation is 4. The summed E-state index contributed by atoms with van der Waals surface area (Å²) in [5, 5.41) is 13.7. The standard InChI is InChI=1S/C22H30N6/c1-4-28-18(3)20(17(2)25-28)16-26-13-12-22-24-23-21(27(22)15-14-26)11-10-19-8-6-5-7-9-19/h5-9H,4,10-16H2,1-3H3. The average Bonchev–Trinajstić information content (AvgIpc) is 3.15. The molecular formula is C22H30N6. The zero-order valence-electron chi connectivity index (χ0n) is 17.2. The van der Waals surface area contributed by atoms with Crippen LogP contribution in [0.4, 0.5) is 0 Å². The Morgan fingerprint density at radius 2 is 1.79 bits per heavy atom. The van der Waals surface area contributed by atoms with Crippen molar-refractivity contribution in [3.8, 4) is 0 Å². The predicted octanol–water partition coefficient (Wildman–Crippen LogP) is 2.95. The first-order valence-electron chi connectivity index (χ1n) is 10.4. The van der Waals surface area contributed by atoms with Crippen molar-refractivity contribution in [2.75, 3.05) is 13.1 Å². The summed E-state index contributed by atoms with van der Waals surface area (Å²) in [4.78, 5) is 2.53. The lowest BCUT2D eigenvalue weighted by molar-refractivity contribution is 0.269. The molecule has 0 amide bonds. The summed E-state index contributed by atoms with van der Waals surface area (Å²) < 4.78 is 4.46. The fourth-order valence-electron chi connectivity index (χ4n) is 4.16. The topological polar surface area (TPSA) is 51.8 Å². The van der Waals surface area contributed by atoms with Crippen molar-refractivity contribution < 1.29 is 0 Å². The molecule has 4 rings (SSSR count). The molecule has 148 valence electrons. The van der Waals surface area contributed by atoms with Crippen LogP contribution in [0.2, 0.25) is 0 Å². The van der Waals surface area contributed by atoms with Crippen molar-refractivity contribution in [3.63, 3.8) is 0 Å². The van der Waals surface area contributed by atoms with Gasteiger partial charge in [-0.15, -0.1) is 10.2 Å². The third-order valence-corrected chi connectivity index (χ3v) is 5.89. The Labute approximate surface area is 167 Å². The molecule has 0 N–H and O–H groups in total. The van der Waals surface area contributed by atoms with E-state index in [2.05, 4.69) is 80.5 Å². The van der Waals surface area contributed by atoms with E-state index >= 15 is 0 Å². The SMILES string of the molecule is CCn1nc(C)c(CN2CCc3nnc(CCc4ccccc4)n3CC2)c1C. The number of hydrogen-bond donors (Lipinski definition) is 0. The summed E-state index contributed by atoms with van der Waals surface area (Å²) in [5.74, 6) is 2.25. The third kappa shape index (κ3) is 3.87. The summed E-state index contributed by atoms with van der Waals surface area (Å²) in [6, 6.07) is 10.6. The van der Waals surface area contributed by atoms with Gasteiger partial charge in [-0.2, -0.15) is 5.10 Å². The highest BCUT2D eigenvalue weighted by molar-refractivity contribution is 5.24. The zero-order chi connectivity index (χ0) is 19.5. The Morgan fingerprint density at radius 1 is 0.964 bits per heavy atom. The van der Waals surface area contributed by atoms with Gasteiger partial charge < -0.3 is 4.57 Å². The summed E-state index contributed by atoms with van der Waals surface area (Å²) in [7, 11) is 0. The van der Waals surface area contributed by atoms with Crippen LogP contribution in [-0.2, 0) is 38.9 Å². The van der Waals surface area contributed by atoms with E-state index in [1.807, 2.05) is 0 Å². The summed E-state index contributed by atoms with van der Waals surface area (Å²) in [5.41, 5.74) is 5.19. The molecule has 3 aromatic rings. The van der Waals surface area contributed by atoms with E-state index in [1.54, 1.807) is 0 Å². The molecule has 1 aromatic carbocycles. The van der Waals surface area contributed by atoms with Crippen molar-refractivity contribution in [2.24, 2.45) is 0 Å². The van der Waals surface area contributed by atoms with Crippen LogP contribution in [0.3, 0.4) is 0 Å². The Kier molecular flexibility index (Phi) is 5.57. The third-order valence-electron chi connectivity index (χ3n) is 5.89. The summed E-state index contributed by atoms with van der Waals surface area (Å²) in [6.07, 6.45) is 2.91. The van der Waals surface area contributed by atoms with Gasteiger partial charge in [-0.05, 0) is 32.8 Å². The number of benzene rings is 1. The van der Waals surface area contributed by atoms with Crippen LogP contribution in [0.1, 0.15) is 41.1 Å². The van der Waals surface area contributed by atoms with Crippen molar-refractivity contribution >= 4 is 0 Å². The lowest BCUT2D eigenvalue weighted by Gasteiger charge is -2.20. The van der Waals surface area contributed by atoms with Crippen LogP contribution < -0.4 is 0 Å². The van der Waals surface area contributed by atoms with E-state index in [9.17, 15) is 0 Å². The van der Waals surface area contributed by atoms with Crippen molar-refractivity contribution in [1.82, 2.24) is 29.4 Å². The van der Waals surface area contributed by atoms with E-state index < -0.39 is 0 Å². The second-order valence-electron chi connectivity index (χ2n) is 7.66. The quantitative estimate of drug-likeness (QED) is 0.662. The van der Waals surface area contributed by atoms with Crippen LogP contribution in [0.25, 0.3) is 0 Å². The molecular weight excluding hydrogens is 348 g/mol. The molecule has 0 saturated carbocycles. The molecule has 28 heavy (non-hydrogen) atoms. The average molecular weight is 379 g/mol. The van der Waals surface area contributed by atoms with Crippen LogP contribution in [0.15, 0.2) is 30.3 Å². The second-order valence-corrected chi connectivity index (χ2v) is 7.66. The monoisotopic (exact) mass is 378 g/mol. The highest BCUT2D eigenvalue weighted by Crippen LogP contribution is 2.18. The summed E-state index contributed by atoms with van der Waals surface area (Å²) in [6.45, 7) is 11.4. The molecule has 0 aliphatic carbocycles. The van der Waals surface area contributed by atoms with Gasteiger partial charge >= 0.3 is 0 Å². The maximum Gasteiger partial charge on any atom is 0.134 e. The van der Waals surface area contributed by atoms with Gasteiger partial charge in [0.05, 0.1) is 5.69 Å². The van der Waals surface area contributed by atoms with E-state index in [0.717, 1.165) is 69.3 Å². The molecule has 0 atom stereocenters. The molecule has 6 heteroatoms. The first-order chi connectivity index (χ1) is 13.7. The van der Waals surface area contributed by atoms with E-state index in [-0.39, 0.29) is 0 Å². The molecule has 2 aromatic heterocycles. The maximum atomic E-state index is 4.68. The number of rotatable bonds is 6. The number of hydrogen-bond acceptors (Lipinski definition) is 4. The van der Waals surface area contributed by atoms with E-state index in [4.69, 9.17) is 0 Å². The predicted molar refractivity (Wildman–Crippen MR) is 110 cm³/mol. The number of fused-ring (bicyclic) bond motifs is 1. The Balaban J connectivity index is 1.42. The van der Waals surface area contributed by atoms with Crippen LogP contribution in [0, 0.1) is 13.8 Å². The molecule has 0 unspecified atom stereocenters.